The highest BCUT2D eigenvalue weighted by Gasteiger charge is 2.26. The predicted molar refractivity (Wildman–Crippen MR) is 91.1 cm³/mol. The quantitative estimate of drug-likeness (QED) is 0.731. The summed E-state index contributed by atoms with van der Waals surface area (Å²) in [7, 11) is 0. The van der Waals surface area contributed by atoms with E-state index in [1.807, 2.05) is 40.3 Å². The van der Waals surface area contributed by atoms with E-state index >= 15 is 0 Å². The van der Waals surface area contributed by atoms with Gasteiger partial charge in [0.1, 0.15) is 5.69 Å². The molecule has 2 aromatic heterocycles. The molecule has 5 heteroatoms. The number of nitrogens with one attached hydrogen (secondary N) is 1. The number of benzene rings is 1. The van der Waals surface area contributed by atoms with E-state index in [0.29, 0.717) is 17.3 Å². The molecule has 1 amide bonds. The molecule has 0 aliphatic heterocycles. The van der Waals surface area contributed by atoms with E-state index in [1.54, 1.807) is 23.5 Å². The minimum atomic E-state index is -0.0863. The van der Waals surface area contributed by atoms with Crippen LogP contribution in [0.5, 0.6) is 0 Å². The van der Waals surface area contributed by atoms with Gasteiger partial charge in [-0.2, -0.15) is 0 Å². The maximum atomic E-state index is 12.5. The molecule has 116 valence electrons. The second-order valence-corrected chi connectivity index (χ2v) is 6.77. The fraction of sp³-hybridized carbons (Fsp3) is 0.222. The van der Waals surface area contributed by atoms with Crippen LogP contribution in [0.3, 0.4) is 0 Å². The Morgan fingerprint density at radius 3 is 2.70 bits per heavy atom. The Morgan fingerprint density at radius 2 is 1.96 bits per heavy atom. The van der Waals surface area contributed by atoms with E-state index in [0.717, 1.165) is 23.1 Å². The molecule has 0 saturated heterocycles. The third-order valence-electron chi connectivity index (χ3n) is 4.07. The first-order valence-electron chi connectivity index (χ1n) is 7.68. The van der Waals surface area contributed by atoms with Gasteiger partial charge < -0.3 is 9.88 Å². The van der Waals surface area contributed by atoms with Crippen molar-refractivity contribution in [2.24, 2.45) is 0 Å². The molecule has 1 fully saturated rings. The van der Waals surface area contributed by atoms with Crippen molar-refractivity contribution in [3.05, 3.63) is 59.1 Å². The zero-order valence-corrected chi connectivity index (χ0v) is 13.3. The van der Waals surface area contributed by atoms with Crippen LogP contribution in [0, 0.1) is 0 Å². The van der Waals surface area contributed by atoms with Gasteiger partial charge in [0.25, 0.3) is 5.91 Å². The summed E-state index contributed by atoms with van der Waals surface area (Å²) in [5.74, 6) is -0.0773. The zero-order chi connectivity index (χ0) is 15.8. The summed E-state index contributed by atoms with van der Waals surface area (Å²) < 4.78 is 2.87. The second-order valence-electron chi connectivity index (χ2n) is 5.82. The van der Waals surface area contributed by atoms with Crippen molar-refractivity contribution in [3.63, 3.8) is 0 Å². The van der Waals surface area contributed by atoms with Crippen molar-refractivity contribution in [2.45, 2.75) is 25.4 Å². The van der Waals surface area contributed by atoms with Crippen molar-refractivity contribution in [3.8, 4) is 0 Å². The first-order valence-corrected chi connectivity index (χ1v) is 8.56. The third kappa shape index (κ3) is 2.80. The Hall–Kier alpha value is -2.40. The first kappa shape index (κ1) is 14.2. The third-order valence-corrected chi connectivity index (χ3v) is 4.92. The number of carbonyl (C=O) groups excluding carboxylic acids is 2. The van der Waals surface area contributed by atoms with E-state index in [9.17, 15) is 9.59 Å². The number of fused-ring (bicyclic) bond motifs is 1. The molecule has 1 saturated carbocycles. The summed E-state index contributed by atoms with van der Waals surface area (Å²) in [4.78, 5) is 25.0. The van der Waals surface area contributed by atoms with Crippen molar-refractivity contribution in [2.75, 3.05) is 0 Å². The molecule has 0 spiro atoms. The van der Waals surface area contributed by atoms with Gasteiger partial charge >= 0.3 is 0 Å². The summed E-state index contributed by atoms with van der Waals surface area (Å²) in [5, 5.41) is 4.99. The molecule has 23 heavy (non-hydrogen) atoms. The smallest absolute Gasteiger partial charge is 0.268 e. The number of aromatic nitrogens is 1. The molecule has 3 aromatic rings. The number of Topliss-reactive ketones (excluding diaryl/α,β-unsaturated/α-hetero) is 1. The minimum Gasteiger partial charge on any atom is -0.348 e. The predicted octanol–water partition coefficient (Wildman–Crippen LogP) is 3.48. The van der Waals surface area contributed by atoms with Crippen LogP contribution >= 0.6 is 11.3 Å². The average molecular weight is 324 g/mol. The number of carbonyl (C=O) groups is 2. The summed E-state index contributed by atoms with van der Waals surface area (Å²) in [6, 6.07) is 13.4. The lowest BCUT2D eigenvalue weighted by molar-refractivity contribution is 0.0936. The van der Waals surface area contributed by atoms with Gasteiger partial charge in [-0.25, -0.2) is 0 Å². The molecule has 4 rings (SSSR count). The van der Waals surface area contributed by atoms with Gasteiger partial charge in [-0.05, 0) is 30.4 Å². The van der Waals surface area contributed by atoms with Gasteiger partial charge in [-0.3, -0.25) is 9.59 Å². The normalized spacial score (nSPS) is 14.1. The summed E-state index contributed by atoms with van der Waals surface area (Å²) in [6.07, 6.45) is 2.09. The fourth-order valence-corrected chi connectivity index (χ4v) is 3.50. The van der Waals surface area contributed by atoms with Gasteiger partial charge in [0.15, 0.2) is 5.78 Å². The lowest BCUT2D eigenvalue weighted by Crippen LogP contribution is -2.28. The molecule has 0 atom stereocenters. The molecule has 4 nitrogen and oxygen atoms in total. The topological polar surface area (TPSA) is 51.1 Å². The molecule has 1 aromatic carbocycles. The van der Waals surface area contributed by atoms with Crippen LogP contribution in [0.25, 0.3) is 10.2 Å². The number of hydrogen-bond acceptors (Lipinski definition) is 3. The van der Waals surface area contributed by atoms with E-state index in [2.05, 4.69) is 5.32 Å². The van der Waals surface area contributed by atoms with Crippen molar-refractivity contribution < 1.29 is 9.59 Å². The maximum absolute atomic E-state index is 12.5. The van der Waals surface area contributed by atoms with Crippen molar-refractivity contribution in [1.82, 2.24) is 9.88 Å². The van der Waals surface area contributed by atoms with Crippen LogP contribution < -0.4 is 5.32 Å². The highest BCUT2D eigenvalue weighted by molar-refractivity contribution is 7.17. The van der Waals surface area contributed by atoms with Crippen LogP contribution in [0.2, 0.25) is 0 Å². The monoisotopic (exact) mass is 324 g/mol. The Bertz CT molecular complexity index is 875. The van der Waals surface area contributed by atoms with Crippen LogP contribution in [0.1, 0.15) is 33.7 Å². The minimum absolute atomic E-state index is 0.00905. The van der Waals surface area contributed by atoms with Crippen molar-refractivity contribution in [1.29, 1.82) is 0 Å². The van der Waals surface area contributed by atoms with E-state index < -0.39 is 0 Å². The van der Waals surface area contributed by atoms with E-state index in [4.69, 9.17) is 0 Å². The van der Waals surface area contributed by atoms with Crippen LogP contribution in [0.15, 0.2) is 47.8 Å². The summed E-state index contributed by atoms with van der Waals surface area (Å²) in [5.41, 5.74) is 2.18. The first-order chi connectivity index (χ1) is 11.2. The van der Waals surface area contributed by atoms with Gasteiger partial charge in [-0.1, -0.05) is 30.3 Å². The van der Waals surface area contributed by atoms with Crippen LogP contribution in [0.4, 0.5) is 0 Å². The molecule has 2 heterocycles. The van der Waals surface area contributed by atoms with E-state index in [-0.39, 0.29) is 18.2 Å². The Morgan fingerprint density at radius 1 is 1.17 bits per heavy atom. The van der Waals surface area contributed by atoms with Crippen molar-refractivity contribution >= 4 is 33.2 Å². The van der Waals surface area contributed by atoms with Gasteiger partial charge in [0.05, 0.1) is 16.8 Å². The molecule has 1 N–H and O–H groups in total. The average Bonchev–Trinajstić information content (AvgIpc) is 3.14. The van der Waals surface area contributed by atoms with Gasteiger partial charge in [0, 0.05) is 11.6 Å². The summed E-state index contributed by atoms with van der Waals surface area (Å²) in [6.45, 7) is 0.178. The van der Waals surface area contributed by atoms with Gasteiger partial charge in [-0.15, -0.1) is 11.3 Å². The van der Waals surface area contributed by atoms with Crippen LogP contribution in [-0.4, -0.2) is 22.3 Å². The van der Waals surface area contributed by atoms with Gasteiger partial charge in [0.2, 0.25) is 0 Å². The number of hydrogen-bond donors (Lipinski definition) is 1. The molecule has 0 bridgehead atoms. The number of nitrogens with zero attached hydrogens (tertiary/aromatic N) is 1. The molecule has 1 aliphatic rings. The summed E-state index contributed by atoms with van der Waals surface area (Å²) >= 11 is 1.58. The zero-order valence-electron chi connectivity index (χ0n) is 12.5. The fourth-order valence-electron chi connectivity index (χ4n) is 2.68. The molecular weight excluding hydrogens is 308 g/mol. The Balaban J connectivity index is 1.68. The molecule has 0 radical (unpaired) electrons. The number of amides is 1. The lowest BCUT2D eigenvalue weighted by Gasteiger charge is -2.10. The molecule has 0 unspecified atom stereocenters. The maximum Gasteiger partial charge on any atom is 0.268 e. The SMILES string of the molecule is O=C(Cn1c(C(=O)NC2CC2)cc2sccc21)c1ccccc1. The largest absolute Gasteiger partial charge is 0.348 e. The Labute approximate surface area is 137 Å². The second kappa shape index (κ2) is 5.66. The van der Waals surface area contributed by atoms with E-state index in [1.165, 1.54) is 0 Å². The lowest BCUT2D eigenvalue weighted by atomic mass is 10.1. The standard InChI is InChI=1S/C18H16N2O2S/c21-16(12-4-2-1-3-5-12)11-20-14-8-9-23-17(14)10-15(20)18(22)19-13-6-7-13/h1-5,8-10,13H,6-7,11H2,(H,19,22). The van der Waals surface area contributed by atoms with Crippen LogP contribution in [-0.2, 0) is 6.54 Å². The molecule has 1 aliphatic carbocycles. The Kier molecular flexibility index (Phi) is 3.50. The number of thiophene rings is 1. The highest BCUT2D eigenvalue weighted by atomic mass is 32.1. The number of ketones is 1. The molecular formula is C18H16N2O2S. The number of rotatable bonds is 5. The highest BCUT2D eigenvalue weighted by Crippen LogP contribution is 2.27.